The molecule has 33 heavy (non-hydrogen) atoms. The van der Waals surface area contributed by atoms with E-state index >= 15 is 4.39 Å². The largest absolute Gasteiger partial charge is 0.373 e. The lowest BCUT2D eigenvalue weighted by Crippen LogP contribution is -2.32. The zero-order chi connectivity index (χ0) is 23.0. The number of aliphatic hydroxyl groups is 1. The first-order valence-electron chi connectivity index (χ1n) is 11.1. The van der Waals surface area contributed by atoms with Gasteiger partial charge < -0.3 is 9.67 Å². The number of aromatic nitrogens is 4. The van der Waals surface area contributed by atoms with Gasteiger partial charge in [0, 0.05) is 30.9 Å². The molecule has 0 atom stereocenters. The van der Waals surface area contributed by atoms with Gasteiger partial charge in [-0.25, -0.2) is 9.37 Å². The lowest BCUT2D eigenvalue weighted by molar-refractivity contribution is 0.112. The number of fused-ring (bicyclic) bond motifs is 1. The predicted molar refractivity (Wildman–Crippen MR) is 127 cm³/mol. The summed E-state index contributed by atoms with van der Waals surface area (Å²) in [6.45, 7) is 5.25. The fourth-order valence-electron chi connectivity index (χ4n) is 4.40. The van der Waals surface area contributed by atoms with Gasteiger partial charge in [0.2, 0.25) is 0 Å². The molecular weight excluding hydrogens is 415 g/mol. The van der Waals surface area contributed by atoms with E-state index in [1.54, 1.807) is 10.7 Å². The third-order valence-electron chi connectivity index (χ3n) is 6.10. The van der Waals surface area contributed by atoms with Gasteiger partial charge >= 0.3 is 0 Å². The van der Waals surface area contributed by atoms with E-state index in [4.69, 9.17) is 4.98 Å². The zero-order valence-electron chi connectivity index (χ0n) is 18.6. The van der Waals surface area contributed by atoms with Gasteiger partial charge in [-0.05, 0) is 37.1 Å². The second-order valence-corrected chi connectivity index (χ2v) is 8.00. The number of hydrogen-bond acceptors (Lipinski definition) is 3. The predicted octanol–water partition coefficient (Wildman–Crippen LogP) is 5.36. The molecule has 0 aliphatic carbocycles. The van der Waals surface area contributed by atoms with E-state index in [1.165, 1.54) is 6.07 Å². The number of aryl methyl sites for hydroxylation is 2. The summed E-state index contributed by atoms with van der Waals surface area (Å²) < 4.78 is 18.9. The number of imidazole rings is 1. The summed E-state index contributed by atoms with van der Waals surface area (Å²) in [4.78, 5) is 4.77. The molecule has 5 rings (SSSR count). The highest BCUT2D eigenvalue weighted by Gasteiger charge is 2.39. The SMILES string of the molecule is CCn1ccc(-c2cc3c(cc2F)nc(C(O)(c2ccccc2)c2ccccc2)n3CC)n1. The van der Waals surface area contributed by atoms with E-state index in [1.807, 2.05) is 91.3 Å². The fourth-order valence-corrected chi connectivity index (χ4v) is 4.40. The molecule has 0 amide bonds. The van der Waals surface area contributed by atoms with E-state index in [0.717, 1.165) is 5.52 Å². The minimum atomic E-state index is -1.50. The molecule has 2 aromatic heterocycles. The van der Waals surface area contributed by atoms with Gasteiger partial charge in [-0.2, -0.15) is 5.10 Å². The van der Waals surface area contributed by atoms with Crippen molar-refractivity contribution in [1.29, 1.82) is 0 Å². The lowest BCUT2D eigenvalue weighted by atomic mass is 9.85. The molecule has 3 aromatic carbocycles. The maximum atomic E-state index is 15.1. The molecule has 0 fully saturated rings. The smallest absolute Gasteiger partial charge is 0.173 e. The number of benzene rings is 3. The fraction of sp³-hybridized carbons (Fsp3) is 0.185. The van der Waals surface area contributed by atoms with Crippen molar-refractivity contribution in [2.24, 2.45) is 0 Å². The highest BCUT2D eigenvalue weighted by molar-refractivity contribution is 5.83. The standard InChI is InChI=1S/C27H25FN4O/c1-3-31-16-15-23(30-31)21-17-25-24(18-22(21)28)29-26(32(25)4-2)27(33,19-11-7-5-8-12-19)20-13-9-6-10-14-20/h5-18,33H,3-4H2,1-2H3. The Morgan fingerprint density at radius 1 is 0.879 bits per heavy atom. The van der Waals surface area contributed by atoms with Crippen LogP contribution in [-0.2, 0) is 18.7 Å². The van der Waals surface area contributed by atoms with Crippen LogP contribution in [0, 0.1) is 5.82 Å². The molecule has 1 N–H and O–H groups in total. The van der Waals surface area contributed by atoms with Gasteiger partial charge in [-0.3, -0.25) is 4.68 Å². The van der Waals surface area contributed by atoms with E-state index in [-0.39, 0.29) is 5.82 Å². The summed E-state index contributed by atoms with van der Waals surface area (Å²) in [7, 11) is 0. The molecular formula is C27H25FN4O. The van der Waals surface area contributed by atoms with E-state index in [2.05, 4.69) is 5.10 Å². The van der Waals surface area contributed by atoms with Crippen LogP contribution < -0.4 is 0 Å². The molecule has 2 heterocycles. The van der Waals surface area contributed by atoms with Crippen molar-refractivity contribution in [2.45, 2.75) is 32.5 Å². The van der Waals surface area contributed by atoms with E-state index < -0.39 is 5.60 Å². The molecule has 0 radical (unpaired) electrons. The summed E-state index contributed by atoms with van der Waals surface area (Å²) in [5.74, 6) is 0.0622. The first-order valence-corrected chi connectivity index (χ1v) is 11.1. The summed E-state index contributed by atoms with van der Waals surface area (Å²) >= 11 is 0. The molecule has 0 saturated carbocycles. The van der Waals surface area contributed by atoms with Crippen LogP contribution in [-0.4, -0.2) is 24.4 Å². The number of halogens is 1. The minimum absolute atomic E-state index is 0.390. The molecule has 0 saturated heterocycles. The number of nitrogens with zero attached hydrogens (tertiary/aromatic N) is 4. The van der Waals surface area contributed by atoms with Gasteiger partial charge in [0.1, 0.15) is 5.82 Å². The molecule has 166 valence electrons. The van der Waals surface area contributed by atoms with E-state index in [0.29, 0.717) is 46.8 Å². The monoisotopic (exact) mass is 440 g/mol. The summed E-state index contributed by atoms with van der Waals surface area (Å²) in [5, 5.41) is 16.7. The Kier molecular flexibility index (Phi) is 5.30. The highest BCUT2D eigenvalue weighted by atomic mass is 19.1. The lowest BCUT2D eigenvalue weighted by Gasteiger charge is -2.29. The van der Waals surface area contributed by atoms with Crippen LogP contribution in [0.15, 0.2) is 85.1 Å². The van der Waals surface area contributed by atoms with Gasteiger partial charge in [-0.1, -0.05) is 60.7 Å². The van der Waals surface area contributed by atoms with Crippen molar-refractivity contribution in [3.05, 3.63) is 108 Å². The second-order valence-electron chi connectivity index (χ2n) is 8.00. The van der Waals surface area contributed by atoms with Crippen molar-refractivity contribution in [2.75, 3.05) is 0 Å². The topological polar surface area (TPSA) is 55.9 Å². The number of hydrogen-bond donors (Lipinski definition) is 1. The van der Waals surface area contributed by atoms with Crippen molar-refractivity contribution < 1.29 is 9.50 Å². The van der Waals surface area contributed by atoms with Crippen LogP contribution in [0.1, 0.15) is 30.8 Å². The Bertz CT molecular complexity index is 1370. The second kappa shape index (κ2) is 8.30. The van der Waals surface area contributed by atoms with Crippen molar-refractivity contribution in [3.63, 3.8) is 0 Å². The molecule has 5 aromatic rings. The minimum Gasteiger partial charge on any atom is -0.373 e. The maximum Gasteiger partial charge on any atom is 0.173 e. The van der Waals surface area contributed by atoms with Crippen LogP contribution >= 0.6 is 0 Å². The van der Waals surface area contributed by atoms with Crippen LogP contribution in [0.3, 0.4) is 0 Å². The van der Waals surface area contributed by atoms with Crippen LogP contribution in [0.2, 0.25) is 0 Å². The Labute approximate surface area is 191 Å². The highest BCUT2D eigenvalue weighted by Crippen LogP contribution is 2.38. The van der Waals surface area contributed by atoms with E-state index in [9.17, 15) is 5.11 Å². The van der Waals surface area contributed by atoms with Gasteiger partial charge in [-0.15, -0.1) is 0 Å². The molecule has 0 spiro atoms. The van der Waals surface area contributed by atoms with Gasteiger partial charge in [0.15, 0.2) is 11.4 Å². The molecule has 0 unspecified atom stereocenters. The average molecular weight is 441 g/mol. The summed E-state index contributed by atoms with van der Waals surface area (Å²) in [6.07, 6.45) is 1.84. The molecule has 0 aliphatic heterocycles. The quantitative estimate of drug-likeness (QED) is 0.387. The zero-order valence-corrected chi connectivity index (χ0v) is 18.6. The van der Waals surface area contributed by atoms with Crippen molar-refractivity contribution >= 4 is 11.0 Å². The number of rotatable bonds is 6. The molecule has 0 bridgehead atoms. The Morgan fingerprint density at radius 3 is 2.06 bits per heavy atom. The van der Waals surface area contributed by atoms with Gasteiger partial charge in [0.05, 0.1) is 16.7 Å². The average Bonchev–Trinajstić information content (AvgIpc) is 3.48. The van der Waals surface area contributed by atoms with Gasteiger partial charge in [0.25, 0.3) is 0 Å². The molecule has 0 aliphatic rings. The molecule has 6 heteroatoms. The van der Waals surface area contributed by atoms with Crippen molar-refractivity contribution in [3.8, 4) is 11.3 Å². The first-order chi connectivity index (χ1) is 16.1. The summed E-state index contributed by atoms with van der Waals surface area (Å²) in [6, 6.07) is 24.0. The third kappa shape index (κ3) is 3.43. The third-order valence-corrected chi connectivity index (χ3v) is 6.10. The molecule has 5 nitrogen and oxygen atoms in total. The Balaban J connectivity index is 1.77. The van der Waals surface area contributed by atoms with Crippen LogP contribution in [0.4, 0.5) is 4.39 Å². The maximum absolute atomic E-state index is 15.1. The van der Waals surface area contributed by atoms with Crippen molar-refractivity contribution in [1.82, 2.24) is 19.3 Å². The van der Waals surface area contributed by atoms with Crippen LogP contribution in [0.5, 0.6) is 0 Å². The summed E-state index contributed by atoms with van der Waals surface area (Å²) in [5.41, 5.74) is 2.13. The normalized spacial score (nSPS) is 11.9. The Hall–Kier alpha value is -3.77. The Morgan fingerprint density at radius 2 is 1.52 bits per heavy atom. The first kappa shape index (κ1) is 21.1. The van der Waals surface area contributed by atoms with Crippen LogP contribution in [0.25, 0.3) is 22.3 Å².